The van der Waals surface area contributed by atoms with Gasteiger partial charge in [0.15, 0.2) is 0 Å². The fourth-order valence-electron chi connectivity index (χ4n) is 4.14. The molecule has 27 heavy (non-hydrogen) atoms. The van der Waals surface area contributed by atoms with E-state index in [0.29, 0.717) is 11.9 Å². The maximum Gasteiger partial charge on any atom is 0.147 e. The van der Waals surface area contributed by atoms with Gasteiger partial charge in [0.1, 0.15) is 11.6 Å². The lowest BCUT2D eigenvalue weighted by Crippen LogP contribution is -1.97. The number of aromatic nitrogens is 1. The number of rotatable bonds is 3. The summed E-state index contributed by atoms with van der Waals surface area (Å²) in [5.74, 6) is -0.0676. The van der Waals surface area contributed by atoms with E-state index >= 15 is 0 Å². The number of carbonyl (C=O) groups excluding carboxylic acids is 1. The lowest BCUT2D eigenvalue weighted by atomic mass is 10.0. The minimum absolute atomic E-state index is 0.159. The van der Waals surface area contributed by atoms with Crippen LogP contribution in [0.1, 0.15) is 23.6 Å². The Morgan fingerprint density at radius 2 is 1.85 bits per heavy atom. The van der Waals surface area contributed by atoms with Crippen molar-refractivity contribution in [2.45, 2.75) is 19.8 Å². The van der Waals surface area contributed by atoms with Crippen LogP contribution in [0.5, 0.6) is 0 Å². The van der Waals surface area contributed by atoms with E-state index in [2.05, 4.69) is 17.1 Å². The molecule has 1 aromatic heterocycles. The molecule has 4 aromatic rings. The van der Waals surface area contributed by atoms with Crippen LogP contribution in [-0.4, -0.2) is 10.8 Å². The Hall–Kier alpha value is -3.20. The van der Waals surface area contributed by atoms with Crippen molar-refractivity contribution in [2.24, 2.45) is 0 Å². The van der Waals surface area contributed by atoms with Crippen molar-refractivity contribution < 1.29 is 9.18 Å². The largest absolute Gasteiger partial charge is 0.352 e. The lowest BCUT2D eigenvalue weighted by Gasteiger charge is -2.06. The van der Waals surface area contributed by atoms with E-state index in [9.17, 15) is 9.18 Å². The number of hydrogen-bond acceptors (Lipinski definition) is 1. The molecule has 0 unspecified atom stereocenters. The normalized spacial score (nSPS) is 12.2. The zero-order valence-corrected chi connectivity index (χ0v) is 15.0. The summed E-state index contributed by atoms with van der Waals surface area (Å²) in [7, 11) is 0. The van der Waals surface area contributed by atoms with Gasteiger partial charge in [0.2, 0.25) is 0 Å². The Balaban J connectivity index is 1.65. The molecule has 132 valence electrons. The number of Topliss-reactive ketones (excluding diaryl/α,β-unsaturated/α-hetero) is 1. The highest BCUT2D eigenvalue weighted by molar-refractivity contribution is 5.97. The monoisotopic (exact) mass is 355 g/mol. The van der Waals surface area contributed by atoms with E-state index in [-0.39, 0.29) is 11.6 Å². The summed E-state index contributed by atoms with van der Waals surface area (Å²) in [6.45, 7) is 1.61. The number of nitrogens with one attached hydrogen (secondary N) is 1. The van der Waals surface area contributed by atoms with E-state index in [1.54, 1.807) is 13.0 Å². The molecule has 0 fully saturated rings. The number of H-pyrrole nitrogens is 1. The first kappa shape index (κ1) is 16.0. The molecule has 1 N–H and O–H groups in total. The molecule has 0 spiro atoms. The van der Waals surface area contributed by atoms with Crippen LogP contribution >= 0.6 is 0 Å². The van der Waals surface area contributed by atoms with Gasteiger partial charge in [-0.2, -0.15) is 0 Å². The average molecular weight is 355 g/mol. The summed E-state index contributed by atoms with van der Waals surface area (Å²) >= 11 is 0. The van der Waals surface area contributed by atoms with Gasteiger partial charge in [-0.05, 0) is 46.9 Å². The number of hydrogen-bond donors (Lipinski definition) is 1. The summed E-state index contributed by atoms with van der Waals surface area (Å²) < 4.78 is 14.8. The molecule has 0 saturated carbocycles. The number of aromatic amines is 1. The van der Waals surface area contributed by atoms with Crippen LogP contribution in [0.25, 0.3) is 33.3 Å². The fraction of sp³-hybridized carbons (Fsp3) is 0.125. The highest BCUT2D eigenvalue weighted by Gasteiger charge is 2.25. The van der Waals surface area contributed by atoms with Gasteiger partial charge in [0.05, 0.1) is 11.2 Å². The van der Waals surface area contributed by atoms with E-state index in [0.717, 1.165) is 45.3 Å². The van der Waals surface area contributed by atoms with E-state index in [1.807, 2.05) is 42.5 Å². The molecular formula is C24H18FNO. The van der Waals surface area contributed by atoms with Crippen LogP contribution in [0.4, 0.5) is 4.39 Å². The van der Waals surface area contributed by atoms with Gasteiger partial charge in [-0.25, -0.2) is 4.39 Å². The lowest BCUT2D eigenvalue weighted by molar-refractivity contribution is -0.116. The maximum absolute atomic E-state index is 14.8. The predicted molar refractivity (Wildman–Crippen MR) is 106 cm³/mol. The maximum atomic E-state index is 14.8. The van der Waals surface area contributed by atoms with Crippen LogP contribution < -0.4 is 0 Å². The van der Waals surface area contributed by atoms with Crippen molar-refractivity contribution in [2.75, 3.05) is 0 Å². The molecule has 0 radical (unpaired) electrons. The Kier molecular flexibility index (Phi) is 3.51. The zero-order valence-electron chi connectivity index (χ0n) is 15.0. The number of benzene rings is 3. The third-order valence-electron chi connectivity index (χ3n) is 5.33. The molecule has 0 atom stereocenters. The molecule has 1 aliphatic rings. The zero-order chi connectivity index (χ0) is 18.5. The minimum atomic E-state index is -0.226. The SMILES string of the molecule is CC(=O)Cc1ccc2c(c1)Cc1c-2[nH]c2c(F)cc(-c3ccccc3)cc12. The van der Waals surface area contributed by atoms with Gasteiger partial charge in [0, 0.05) is 23.8 Å². The van der Waals surface area contributed by atoms with Gasteiger partial charge >= 0.3 is 0 Å². The summed E-state index contributed by atoms with van der Waals surface area (Å²) in [6, 6.07) is 19.7. The predicted octanol–water partition coefficient (Wildman–Crippen LogP) is 5.68. The second-order valence-corrected chi connectivity index (χ2v) is 7.27. The fourth-order valence-corrected chi connectivity index (χ4v) is 4.14. The van der Waals surface area contributed by atoms with Crippen LogP contribution in [-0.2, 0) is 17.6 Å². The summed E-state index contributed by atoms with van der Waals surface area (Å²) in [6.07, 6.45) is 1.21. The van der Waals surface area contributed by atoms with Gasteiger partial charge in [-0.15, -0.1) is 0 Å². The smallest absolute Gasteiger partial charge is 0.147 e. The topological polar surface area (TPSA) is 32.9 Å². The summed E-state index contributed by atoms with van der Waals surface area (Å²) in [5, 5.41) is 0.938. The Morgan fingerprint density at radius 1 is 1.04 bits per heavy atom. The number of fused-ring (bicyclic) bond motifs is 5. The highest BCUT2D eigenvalue weighted by atomic mass is 19.1. The molecule has 3 aromatic carbocycles. The second kappa shape index (κ2) is 5.92. The van der Waals surface area contributed by atoms with Crippen LogP contribution in [0.15, 0.2) is 60.7 Å². The number of carbonyl (C=O) groups is 1. The van der Waals surface area contributed by atoms with Gasteiger partial charge < -0.3 is 4.98 Å². The molecule has 0 bridgehead atoms. The van der Waals surface area contributed by atoms with E-state index in [4.69, 9.17) is 0 Å². The van der Waals surface area contributed by atoms with Crippen LogP contribution in [0, 0.1) is 5.82 Å². The van der Waals surface area contributed by atoms with E-state index < -0.39 is 0 Å². The van der Waals surface area contributed by atoms with Gasteiger partial charge in [-0.1, -0.05) is 48.5 Å². The van der Waals surface area contributed by atoms with Crippen LogP contribution in [0.3, 0.4) is 0 Å². The van der Waals surface area contributed by atoms with Crippen molar-refractivity contribution in [3.8, 4) is 22.4 Å². The summed E-state index contributed by atoms with van der Waals surface area (Å²) in [5.41, 5.74) is 7.93. The molecular weight excluding hydrogens is 337 g/mol. The first-order chi connectivity index (χ1) is 13.1. The first-order valence-electron chi connectivity index (χ1n) is 9.11. The highest BCUT2D eigenvalue weighted by Crippen LogP contribution is 2.42. The Bertz CT molecular complexity index is 1200. The van der Waals surface area contributed by atoms with Crippen molar-refractivity contribution in [1.82, 2.24) is 4.98 Å². The molecule has 1 aliphatic carbocycles. The quantitative estimate of drug-likeness (QED) is 0.444. The molecule has 0 amide bonds. The third kappa shape index (κ3) is 2.58. The first-order valence-corrected chi connectivity index (χ1v) is 9.11. The molecule has 0 aliphatic heterocycles. The average Bonchev–Trinajstić information content (AvgIpc) is 3.18. The van der Waals surface area contributed by atoms with Gasteiger partial charge in [-0.3, -0.25) is 4.79 Å². The summed E-state index contributed by atoms with van der Waals surface area (Å²) in [4.78, 5) is 14.7. The second-order valence-electron chi connectivity index (χ2n) is 7.27. The van der Waals surface area contributed by atoms with Crippen molar-refractivity contribution >= 4 is 16.7 Å². The van der Waals surface area contributed by atoms with Crippen molar-refractivity contribution in [3.05, 3.63) is 83.2 Å². The molecule has 2 nitrogen and oxygen atoms in total. The standard InChI is InChI=1S/C24H18FNO/c1-14(27)9-15-7-8-19-18(10-15)12-20-21-11-17(16-5-3-2-4-6-16)13-22(25)24(21)26-23(19)20/h2-8,10-11,13,26H,9,12H2,1H3. The third-order valence-corrected chi connectivity index (χ3v) is 5.33. The minimum Gasteiger partial charge on any atom is -0.352 e. The van der Waals surface area contributed by atoms with Crippen molar-refractivity contribution in [1.29, 1.82) is 0 Å². The van der Waals surface area contributed by atoms with Gasteiger partial charge in [0.25, 0.3) is 0 Å². The number of halogens is 1. The molecule has 0 saturated heterocycles. The molecule has 3 heteroatoms. The Labute approximate surface area is 156 Å². The molecule has 1 heterocycles. The Morgan fingerprint density at radius 3 is 2.63 bits per heavy atom. The van der Waals surface area contributed by atoms with E-state index in [1.165, 1.54) is 5.56 Å². The number of ketones is 1. The van der Waals surface area contributed by atoms with Crippen LogP contribution in [0.2, 0.25) is 0 Å². The molecule has 5 rings (SSSR count). The van der Waals surface area contributed by atoms with Crippen molar-refractivity contribution in [3.63, 3.8) is 0 Å².